The van der Waals surface area contributed by atoms with Gasteiger partial charge in [-0.05, 0) is 0 Å². The summed E-state index contributed by atoms with van der Waals surface area (Å²) >= 11 is 1.90. The summed E-state index contributed by atoms with van der Waals surface area (Å²) < 4.78 is 0.414. The number of carbonyl (C=O) groups is 1. The highest BCUT2D eigenvalue weighted by Gasteiger charge is 1.79. The Bertz CT molecular complexity index is 46.8. The van der Waals surface area contributed by atoms with Crippen LogP contribution in [0.1, 0.15) is 0 Å². The molecule has 0 atom stereocenters. The van der Waals surface area contributed by atoms with Gasteiger partial charge in [-0.2, -0.15) is 0 Å². The second kappa shape index (κ2) is 5.16. The quantitative estimate of drug-likeness (QED) is 0.466. The number of rotatable bonds is 1. The number of halogens is 1. The Morgan fingerprint density at radius 1 is 1.83 bits per heavy atom. The first kappa shape index (κ1) is 9.48. The number of nitrogens with two attached hydrogens (primary N) is 1. The SMILES string of the molecule is N.NC(=O)CI. The highest BCUT2D eigenvalue weighted by Crippen LogP contribution is 1.72. The topological polar surface area (TPSA) is 78.1 Å². The van der Waals surface area contributed by atoms with Crippen LogP contribution in [0.25, 0.3) is 0 Å². The van der Waals surface area contributed by atoms with Gasteiger partial charge in [0.05, 0.1) is 4.43 Å². The normalized spacial score (nSPS) is 6.17. The van der Waals surface area contributed by atoms with Gasteiger partial charge in [0.2, 0.25) is 5.91 Å². The molecule has 0 aromatic heterocycles. The third-order valence-electron chi connectivity index (χ3n) is 0.132. The molecule has 0 radical (unpaired) electrons. The third kappa shape index (κ3) is 8.90. The van der Waals surface area contributed by atoms with Crippen LogP contribution in [-0.4, -0.2) is 10.3 Å². The van der Waals surface area contributed by atoms with Crippen molar-refractivity contribution in [1.29, 1.82) is 0 Å². The lowest BCUT2D eigenvalue weighted by Gasteiger charge is -1.71. The maximum absolute atomic E-state index is 9.58. The highest BCUT2D eigenvalue weighted by atomic mass is 127. The number of hydrogen-bond acceptors (Lipinski definition) is 2. The van der Waals surface area contributed by atoms with Crippen molar-refractivity contribution in [2.24, 2.45) is 5.73 Å². The van der Waals surface area contributed by atoms with Crippen LogP contribution in [0.15, 0.2) is 0 Å². The summed E-state index contributed by atoms with van der Waals surface area (Å²) in [5, 5.41) is 0. The van der Waals surface area contributed by atoms with E-state index >= 15 is 0 Å². The Morgan fingerprint density at radius 2 is 2.00 bits per heavy atom. The van der Waals surface area contributed by atoms with Crippen LogP contribution < -0.4 is 11.9 Å². The molecule has 0 spiro atoms. The number of carbonyl (C=O) groups excluding carboxylic acids is 1. The fourth-order valence-electron chi connectivity index (χ4n) is 0. The predicted octanol–water partition coefficient (Wildman–Crippen LogP) is 0.0687. The summed E-state index contributed by atoms with van der Waals surface area (Å²) in [6, 6.07) is 0. The summed E-state index contributed by atoms with van der Waals surface area (Å²) in [6.07, 6.45) is 0. The Hall–Kier alpha value is 0.160. The minimum Gasteiger partial charge on any atom is -0.369 e. The van der Waals surface area contributed by atoms with Gasteiger partial charge in [-0.1, -0.05) is 22.6 Å². The molecule has 0 aliphatic heterocycles. The largest absolute Gasteiger partial charge is 0.369 e. The molecular weight excluding hydrogens is 195 g/mol. The summed E-state index contributed by atoms with van der Waals surface area (Å²) in [4.78, 5) is 9.58. The molecule has 0 rings (SSSR count). The maximum atomic E-state index is 9.58. The van der Waals surface area contributed by atoms with E-state index in [1.165, 1.54) is 0 Å². The van der Waals surface area contributed by atoms with Crippen LogP contribution >= 0.6 is 22.6 Å². The lowest BCUT2D eigenvalue weighted by atomic mass is 10.8. The van der Waals surface area contributed by atoms with Gasteiger partial charge >= 0.3 is 0 Å². The minimum atomic E-state index is -0.259. The fraction of sp³-hybridized carbons (Fsp3) is 0.500. The van der Waals surface area contributed by atoms with Crippen molar-refractivity contribution in [3.8, 4) is 0 Å². The van der Waals surface area contributed by atoms with E-state index in [0.29, 0.717) is 4.43 Å². The molecule has 0 heterocycles. The van der Waals surface area contributed by atoms with Gasteiger partial charge in [0.15, 0.2) is 0 Å². The molecule has 5 N–H and O–H groups in total. The van der Waals surface area contributed by atoms with Gasteiger partial charge in [0.1, 0.15) is 0 Å². The molecule has 0 fully saturated rings. The van der Waals surface area contributed by atoms with Crippen molar-refractivity contribution in [3.05, 3.63) is 0 Å². The third-order valence-corrected chi connectivity index (χ3v) is 0.884. The molecule has 0 saturated heterocycles. The second-order valence-corrected chi connectivity index (χ2v) is 1.36. The van der Waals surface area contributed by atoms with Crippen LogP contribution in [0.2, 0.25) is 0 Å². The Labute approximate surface area is 50.0 Å². The predicted molar refractivity (Wildman–Crippen MR) is 33.1 cm³/mol. The first-order chi connectivity index (χ1) is 2.27. The lowest BCUT2D eigenvalue weighted by molar-refractivity contribution is -0.115. The van der Waals surface area contributed by atoms with Crippen molar-refractivity contribution < 1.29 is 4.79 Å². The van der Waals surface area contributed by atoms with Crippen molar-refractivity contribution in [2.75, 3.05) is 4.43 Å². The average molecular weight is 202 g/mol. The molecule has 0 aliphatic carbocycles. The summed E-state index contributed by atoms with van der Waals surface area (Å²) in [7, 11) is 0. The summed E-state index contributed by atoms with van der Waals surface area (Å²) in [5.74, 6) is -0.259. The van der Waals surface area contributed by atoms with Crippen LogP contribution in [-0.2, 0) is 4.79 Å². The summed E-state index contributed by atoms with van der Waals surface area (Å²) in [5.41, 5.74) is 4.65. The van der Waals surface area contributed by atoms with Crippen LogP contribution in [0.3, 0.4) is 0 Å². The molecule has 0 aliphatic rings. The van der Waals surface area contributed by atoms with E-state index < -0.39 is 0 Å². The van der Waals surface area contributed by atoms with E-state index in [0.717, 1.165) is 0 Å². The number of hydrogen-bond donors (Lipinski definition) is 2. The van der Waals surface area contributed by atoms with Crippen molar-refractivity contribution >= 4 is 28.5 Å². The zero-order valence-corrected chi connectivity index (χ0v) is 5.44. The van der Waals surface area contributed by atoms with E-state index in [2.05, 4.69) is 5.73 Å². The number of primary amides is 1. The molecule has 0 bridgehead atoms. The van der Waals surface area contributed by atoms with Crippen molar-refractivity contribution in [2.45, 2.75) is 0 Å². The zero-order valence-electron chi connectivity index (χ0n) is 3.28. The van der Waals surface area contributed by atoms with Gasteiger partial charge in [-0.3, -0.25) is 4.79 Å². The molecule has 6 heavy (non-hydrogen) atoms. The molecule has 0 saturated carbocycles. The highest BCUT2D eigenvalue weighted by molar-refractivity contribution is 14.1. The lowest BCUT2D eigenvalue weighted by Crippen LogP contribution is -2.10. The van der Waals surface area contributed by atoms with Crippen LogP contribution in [0, 0.1) is 0 Å². The first-order valence-electron chi connectivity index (χ1n) is 1.11. The van der Waals surface area contributed by atoms with E-state index in [1.807, 2.05) is 22.6 Å². The molecular formula is C2H7IN2O. The zero-order chi connectivity index (χ0) is 4.28. The first-order valence-corrected chi connectivity index (χ1v) is 2.64. The van der Waals surface area contributed by atoms with E-state index in [-0.39, 0.29) is 12.1 Å². The Kier molecular flexibility index (Phi) is 8.15. The summed E-state index contributed by atoms with van der Waals surface area (Å²) in [6.45, 7) is 0. The molecule has 0 aromatic carbocycles. The molecule has 0 aromatic rings. The molecule has 3 nitrogen and oxygen atoms in total. The van der Waals surface area contributed by atoms with Crippen LogP contribution in [0.4, 0.5) is 0 Å². The van der Waals surface area contributed by atoms with Crippen molar-refractivity contribution in [1.82, 2.24) is 6.15 Å². The van der Waals surface area contributed by atoms with Gasteiger partial charge in [-0.25, -0.2) is 0 Å². The van der Waals surface area contributed by atoms with Gasteiger partial charge in [0, 0.05) is 0 Å². The second-order valence-electron chi connectivity index (χ2n) is 0.600. The average Bonchev–Trinajstić information content (AvgIpc) is 1.38. The maximum Gasteiger partial charge on any atom is 0.227 e. The molecule has 0 unspecified atom stereocenters. The molecule has 38 valence electrons. The Balaban J connectivity index is 0. The number of amides is 1. The van der Waals surface area contributed by atoms with Gasteiger partial charge in [0.25, 0.3) is 0 Å². The van der Waals surface area contributed by atoms with E-state index in [9.17, 15) is 4.79 Å². The van der Waals surface area contributed by atoms with Crippen LogP contribution in [0.5, 0.6) is 0 Å². The van der Waals surface area contributed by atoms with E-state index in [1.54, 1.807) is 0 Å². The minimum absolute atomic E-state index is 0. The Morgan fingerprint density at radius 3 is 2.00 bits per heavy atom. The molecule has 1 amide bonds. The molecule has 4 heteroatoms. The van der Waals surface area contributed by atoms with Gasteiger partial charge < -0.3 is 11.9 Å². The van der Waals surface area contributed by atoms with E-state index in [4.69, 9.17) is 0 Å². The number of alkyl halides is 1. The van der Waals surface area contributed by atoms with Crippen molar-refractivity contribution in [3.63, 3.8) is 0 Å². The van der Waals surface area contributed by atoms with Gasteiger partial charge in [-0.15, -0.1) is 0 Å². The smallest absolute Gasteiger partial charge is 0.227 e. The fourth-order valence-corrected chi connectivity index (χ4v) is 0. The monoisotopic (exact) mass is 202 g/mol. The standard InChI is InChI=1S/C2H4INO.H3N/c3-1-2(4)5;/h1H2,(H2,4,5);1H3.